The number of carbonyl (C=O) groups is 2. The van der Waals surface area contributed by atoms with Gasteiger partial charge in [0.2, 0.25) is 5.91 Å². The summed E-state index contributed by atoms with van der Waals surface area (Å²) in [5.41, 5.74) is 1.14. The molecule has 0 fully saturated rings. The Hall–Kier alpha value is -3.31. The van der Waals surface area contributed by atoms with Crippen LogP contribution in [0.3, 0.4) is 0 Å². The Morgan fingerprint density at radius 2 is 1.55 bits per heavy atom. The van der Waals surface area contributed by atoms with E-state index in [4.69, 9.17) is 16.3 Å². The van der Waals surface area contributed by atoms with Gasteiger partial charge in [-0.3, -0.25) is 9.59 Å². The third kappa shape index (κ3) is 6.36. The van der Waals surface area contributed by atoms with Crippen LogP contribution in [0, 0.1) is 0 Å². The standard InChI is InChI=1S/C23H21ClN2O3/c24-18-14-12-17(13-15-18)23(28)25-16-6-11-22(27)26-20-9-4-5-10-21(20)29-19-7-2-1-3-8-19/h1-5,7-10,12-15H,6,11,16H2,(H,25,28)(H,26,27). The first-order chi connectivity index (χ1) is 14.1. The minimum absolute atomic E-state index is 0.144. The molecule has 0 aliphatic rings. The Morgan fingerprint density at radius 3 is 2.31 bits per heavy atom. The molecular weight excluding hydrogens is 388 g/mol. The molecule has 6 heteroatoms. The molecule has 2 amide bonds. The first kappa shape index (κ1) is 20.4. The molecule has 0 bridgehead atoms. The van der Waals surface area contributed by atoms with Crippen LogP contribution in [0.5, 0.6) is 11.5 Å². The van der Waals surface area contributed by atoms with Gasteiger partial charge in [-0.05, 0) is 55.0 Å². The third-order valence-corrected chi connectivity index (χ3v) is 4.36. The predicted molar refractivity (Wildman–Crippen MR) is 115 cm³/mol. The highest BCUT2D eigenvalue weighted by atomic mass is 35.5. The fourth-order valence-corrected chi connectivity index (χ4v) is 2.77. The number of ether oxygens (including phenoxy) is 1. The van der Waals surface area contributed by atoms with E-state index in [9.17, 15) is 9.59 Å². The van der Waals surface area contributed by atoms with E-state index in [1.165, 1.54) is 0 Å². The lowest BCUT2D eigenvalue weighted by Crippen LogP contribution is -2.25. The highest BCUT2D eigenvalue weighted by molar-refractivity contribution is 6.30. The number of carbonyl (C=O) groups excluding carboxylic acids is 2. The number of nitrogens with one attached hydrogen (secondary N) is 2. The van der Waals surface area contributed by atoms with Crippen molar-refractivity contribution in [2.45, 2.75) is 12.8 Å². The molecule has 0 aliphatic heterocycles. The molecule has 5 nitrogen and oxygen atoms in total. The highest BCUT2D eigenvalue weighted by Gasteiger charge is 2.09. The maximum atomic E-state index is 12.3. The molecule has 0 saturated carbocycles. The van der Waals surface area contributed by atoms with Crippen molar-refractivity contribution >= 4 is 29.1 Å². The summed E-state index contributed by atoms with van der Waals surface area (Å²) in [4.78, 5) is 24.3. The van der Waals surface area contributed by atoms with E-state index < -0.39 is 0 Å². The molecule has 0 aromatic heterocycles. The number of rotatable bonds is 8. The van der Waals surface area contributed by atoms with Crippen molar-refractivity contribution in [1.82, 2.24) is 5.32 Å². The van der Waals surface area contributed by atoms with Gasteiger partial charge in [-0.2, -0.15) is 0 Å². The molecule has 3 aromatic carbocycles. The molecule has 3 rings (SSSR count). The molecule has 0 radical (unpaired) electrons. The average Bonchev–Trinajstić information content (AvgIpc) is 2.74. The quantitative estimate of drug-likeness (QED) is 0.498. The molecule has 29 heavy (non-hydrogen) atoms. The van der Waals surface area contributed by atoms with Crippen LogP contribution >= 0.6 is 11.6 Å². The van der Waals surface area contributed by atoms with Crippen LogP contribution in [0.2, 0.25) is 5.02 Å². The predicted octanol–water partition coefficient (Wildman–Crippen LogP) is 5.28. The van der Waals surface area contributed by atoms with Gasteiger partial charge >= 0.3 is 0 Å². The van der Waals surface area contributed by atoms with Crippen molar-refractivity contribution in [2.24, 2.45) is 0 Å². The van der Waals surface area contributed by atoms with E-state index in [2.05, 4.69) is 10.6 Å². The number of halogens is 1. The second-order valence-electron chi connectivity index (χ2n) is 6.33. The monoisotopic (exact) mass is 408 g/mol. The molecule has 148 valence electrons. The molecule has 2 N–H and O–H groups in total. The van der Waals surface area contributed by atoms with Gasteiger partial charge in [0.05, 0.1) is 5.69 Å². The molecule has 0 saturated heterocycles. The summed E-state index contributed by atoms with van der Waals surface area (Å²) in [5.74, 6) is 0.931. The molecular formula is C23H21ClN2O3. The third-order valence-electron chi connectivity index (χ3n) is 4.10. The van der Waals surface area contributed by atoms with Crippen molar-refractivity contribution < 1.29 is 14.3 Å². The first-order valence-corrected chi connectivity index (χ1v) is 9.65. The fourth-order valence-electron chi connectivity index (χ4n) is 2.64. The lowest BCUT2D eigenvalue weighted by Gasteiger charge is -2.12. The summed E-state index contributed by atoms with van der Waals surface area (Å²) < 4.78 is 5.84. The minimum Gasteiger partial charge on any atom is -0.455 e. The van der Waals surface area contributed by atoms with Gasteiger partial charge in [0.15, 0.2) is 5.75 Å². The summed E-state index contributed by atoms with van der Waals surface area (Å²) in [6.45, 7) is 0.400. The number of hydrogen-bond donors (Lipinski definition) is 2. The first-order valence-electron chi connectivity index (χ1n) is 9.27. The maximum Gasteiger partial charge on any atom is 0.251 e. The zero-order valence-corrected chi connectivity index (χ0v) is 16.5. The van der Waals surface area contributed by atoms with Gasteiger partial charge in [-0.25, -0.2) is 0 Å². The van der Waals surface area contributed by atoms with Crippen molar-refractivity contribution in [1.29, 1.82) is 0 Å². The largest absolute Gasteiger partial charge is 0.455 e. The SMILES string of the molecule is O=C(CCCNC(=O)c1ccc(Cl)cc1)Nc1ccccc1Oc1ccccc1. The van der Waals surface area contributed by atoms with E-state index in [0.717, 1.165) is 0 Å². The van der Waals surface area contributed by atoms with Crippen LogP contribution in [-0.4, -0.2) is 18.4 Å². The summed E-state index contributed by atoms with van der Waals surface area (Å²) in [6.07, 6.45) is 0.799. The minimum atomic E-state index is -0.191. The van der Waals surface area contributed by atoms with Gasteiger partial charge in [-0.1, -0.05) is 41.9 Å². The summed E-state index contributed by atoms with van der Waals surface area (Å²) in [6, 6.07) is 23.3. The molecule has 0 unspecified atom stereocenters. The van der Waals surface area contributed by atoms with Gasteiger partial charge < -0.3 is 15.4 Å². The Labute approximate surface area is 174 Å². The second kappa shape index (κ2) is 10.3. The maximum absolute atomic E-state index is 12.3. The lowest BCUT2D eigenvalue weighted by atomic mass is 10.2. The Morgan fingerprint density at radius 1 is 0.862 bits per heavy atom. The van der Waals surface area contributed by atoms with Crippen LogP contribution in [0.1, 0.15) is 23.2 Å². The van der Waals surface area contributed by atoms with Crippen LogP contribution in [0.15, 0.2) is 78.9 Å². The molecule has 0 spiro atoms. The number of amides is 2. The molecule has 3 aromatic rings. The van der Waals surface area contributed by atoms with Crippen molar-refractivity contribution in [3.05, 3.63) is 89.4 Å². The van der Waals surface area contributed by atoms with E-state index >= 15 is 0 Å². The van der Waals surface area contributed by atoms with Crippen LogP contribution in [0.25, 0.3) is 0 Å². The van der Waals surface area contributed by atoms with E-state index in [1.54, 1.807) is 36.4 Å². The van der Waals surface area contributed by atoms with E-state index in [0.29, 0.717) is 40.7 Å². The Balaban J connectivity index is 1.46. The van der Waals surface area contributed by atoms with Crippen LogP contribution in [0.4, 0.5) is 5.69 Å². The number of para-hydroxylation sites is 3. The van der Waals surface area contributed by atoms with Gasteiger partial charge in [0, 0.05) is 23.6 Å². The zero-order chi connectivity index (χ0) is 20.5. The average molecular weight is 409 g/mol. The summed E-state index contributed by atoms with van der Waals surface area (Å²) >= 11 is 5.82. The topological polar surface area (TPSA) is 67.4 Å². The van der Waals surface area contributed by atoms with Crippen LogP contribution in [-0.2, 0) is 4.79 Å². The normalized spacial score (nSPS) is 10.2. The van der Waals surface area contributed by atoms with Crippen molar-refractivity contribution in [3.63, 3.8) is 0 Å². The molecule has 0 heterocycles. The summed E-state index contributed by atoms with van der Waals surface area (Å²) in [7, 11) is 0. The Kier molecular flexibility index (Phi) is 7.25. The number of benzene rings is 3. The lowest BCUT2D eigenvalue weighted by molar-refractivity contribution is -0.116. The fraction of sp³-hybridized carbons (Fsp3) is 0.130. The highest BCUT2D eigenvalue weighted by Crippen LogP contribution is 2.29. The van der Waals surface area contributed by atoms with Crippen molar-refractivity contribution in [2.75, 3.05) is 11.9 Å². The molecule has 0 atom stereocenters. The van der Waals surface area contributed by atoms with E-state index in [-0.39, 0.29) is 18.2 Å². The second-order valence-corrected chi connectivity index (χ2v) is 6.76. The van der Waals surface area contributed by atoms with Crippen LogP contribution < -0.4 is 15.4 Å². The number of hydrogen-bond acceptors (Lipinski definition) is 3. The molecule has 0 aliphatic carbocycles. The van der Waals surface area contributed by atoms with Gasteiger partial charge in [0.1, 0.15) is 5.75 Å². The zero-order valence-electron chi connectivity index (χ0n) is 15.7. The van der Waals surface area contributed by atoms with Crippen molar-refractivity contribution in [3.8, 4) is 11.5 Å². The smallest absolute Gasteiger partial charge is 0.251 e. The number of anilines is 1. The van der Waals surface area contributed by atoms with Gasteiger partial charge in [-0.15, -0.1) is 0 Å². The van der Waals surface area contributed by atoms with E-state index in [1.807, 2.05) is 42.5 Å². The van der Waals surface area contributed by atoms with Gasteiger partial charge in [0.25, 0.3) is 5.91 Å². The Bertz CT molecular complexity index is 959. The summed E-state index contributed by atoms with van der Waals surface area (Å²) in [5, 5.41) is 6.24.